The predicted octanol–water partition coefficient (Wildman–Crippen LogP) is 5.05. The molecular weight excluding hydrogens is 417 g/mol. The van der Waals surface area contributed by atoms with Crippen LogP contribution in [0.25, 0.3) is 11.5 Å². The summed E-state index contributed by atoms with van der Waals surface area (Å²) in [6.07, 6.45) is -3.29. The fourth-order valence-electron chi connectivity index (χ4n) is 2.82. The second kappa shape index (κ2) is 8.45. The van der Waals surface area contributed by atoms with Crippen LogP contribution in [0.3, 0.4) is 0 Å². The highest BCUT2D eigenvalue weighted by molar-refractivity contribution is 7.89. The number of halogens is 3. The monoisotopic (exact) mass is 436 g/mol. The number of rotatable bonds is 7. The Morgan fingerprint density at radius 3 is 2.47 bits per heavy atom. The highest BCUT2D eigenvalue weighted by Gasteiger charge is 2.33. The Hall–Kier alpha value is -2.91. The molecule has 1 aromatic heterocycles. The first kappa shape index (κ1) is 21.8. The van der Waals surface area contributed by atoms with Gasteiger partial charge in [0.25, 0.3) is 0 Å². The minimum absolute atomic E-state index is 0.106. The van der Waals surface area contributed by atoms with Crippen LogP contribution in [0.2, 0.25) is 0 Å². The van der Waals surface area contributed by atoms with E-state index in [4.69, 9.17) is 4.42 Å². The van der Waals surface area contributed by atoms with Crippen molar-refractivity contribution in [2.45, 2.75) is 24.5 Å². The van der Waals surface area contributed by atoms with Crippen LogP contribution in [0.4, 0.5) is 13.2 Å². The average molecular weight is 436 g/mol. The van der Waals surface area contributed by atoms with Crippen LogP contribution in [-0.4, -0.2) is 24.3 Å². The topological polar surface area (TPSA) is 63.4 Å². The summed E-state index contributed by atoms with van der Waals surface area (Å²) in [5.41, 5.74) is 0.0558. The number of hydrogen-bond donors (Lipinski definition) is 0. The van der Waals surface area contributed by atoms with Gasteiger partial charge >= 0.3 is 6.18 Å². The summed E-state index contributed by atoms with van der Waals surface area (Å²) in [5, 5.41) is 0. The van der Waals surface area contributed by atoms with Crippen LogP contribution in [-0.2, 0) is 22.7 Å². The fourth-order valence-corrected chi connectivity index (χ4v) is 4.24. The molecule has 5 nitrogen and oxygen atoms in total. The zero-order valence-electron chi connectivity index (χ0n) is 16.1. The molecule has 0 fully saturated rings. The zero-order valence-corrected chi connectivity index (χ0v) is 16.9. The molecule has 0 atom stereocenters. The molecule has 0 saturated heterocycles. The van der Waals surface area contributed by atoms with Gasteiger partial charge in [-0.3, -0.25) is 0 Å². The van der Waals surface area contributed by atoms with Crippen molar-refractivity contribution in [3.8, 4) is 11.5 Å². The maximum Gasteiger partial charge on any atom is 0.416 e. The van der Waals surface area contributed by atoms with Gasteiger partial charge in [-0.15, -0.1) is 6.58 Å². The fraction of sp³-hybridized carbons (Fsp3) is 0.190. The lowest BCUT2D eigenvalue weighted by Crippen LogP contribution is -2.31. The van der Waals surface area contributed by atoms with Crippen molar-refractivity contribution < 1.29 is 26.0 Å². The van der Waals surface area contributed by atoms with Crippen molar-refractivity contribution in [3.05, 3.63) is 84.3 Å². The van der Waals surface area contributed by atoms with Crippen LogP contribution in [0.5, 0.6) is 0 Å². The van der Waals surface area contributed by atoms with E-state index >= 15 is 0 Å². The predicted molar refractivity (Wildman–Crippen MR) is 106 cm³/mol. The van der Waals surface area contributed by atoms with Crippen molar-refractivity contribution in [2.75, 3.05) is 6.54 Å². The first-order valence-corrected chi connectivity index (χ1v) is 10.4. The van der Waals surface area contributed by atoms with E-state index in [2.05, 4.69) is 11.6 Å². The Kier molecular flexibility index (Phi) is 6.14. The first-order valence-electron chi connectivity index (χ1n) is 8.93. The molecule has 0 unspecified atom stereocenters. The van der Waals surface area contributed by atoms with E-state index in [-0.39, 0.29) is 13.1 Å². The molecule has 2 aromatic carbocycles. The number of nitrogens with zero attached hydrogens (tertiary/aromatic N) is 2. The standard InChI is InChI=1S/C21H19F3N2O3S/c1-3-12-26(30(27,28)18-11-7-10-17(13-18)21(22,23)24)14-19-15(2)29-20(25-19)16-8-5-4-6-9-16/h3-11,13H,1,12,14H2,2H3. The van der Waals surface area contributed by atoms with E-state index in [0.29, 0.717) is 23.4 Å². The van der Waals surface area contributed by atoms with Gasteiger partial charge in [0.05, 0.1) is 22.7 Å². The minimum Gasteiger partial charge on any atom is -0.441 e. The van der Waals surface area contributed by atoms with Gasteiger partial charge in [0, 0.05) is 12.1 Å². The number of alkyl halides is 3. The molecule has 3 rings (SSSR count). The summed E-state index contributed by atoms with van der Waals surface area (Å²) >= 11 is 0. The van der Waals surface area contributed by atoms with E-state index in [1.54, 1.807) is 19.1 Å². The number of benzene rings is 2. The van der Waals surface area contributed by atoms with Crippen LogP contribution in [0, 0.1) is 6.92 Å². The normalized spacial score (nSPS) is 12.3. The first-order chi connectivity index (χ1) is 14.1. The lowest BCUT2D eigenvalue weighted by Gasteiger charge is -2.20. The molecule has 0 bridgehead atoms. The molecule has 30 heavy (non-hydrogen) atoms. The highest BCUT2D eigenvalue weighted by Crippen LogP contribution is 2.31. The van der Waals surface area contributed by atoms with Crippen molar-refractivity contribution in [1.82, 2.24) is 9.29 Å². The van der Waals surface area contributed by atoms with Crippen LogP contribution in [0.15, 0.2) is 76.6 Å². The summed E-state index contributed by atoms with van der Waals surface area (Å²) in [6, 6.07) is 12.7. The SMILES string of the molecule is C=CCN(Cc1nc(-c2ccccc2)oc1C)S(=O)(=O)c1cccc(C(F)(F)F)c1. The number of sulfonamides is 1. The maximum absolute atomic E-state index is 13.0. The number of oxazole rings is 1. The van der Waals surface area contributed by atoms with E-state index in [9.17, 15) is 21.6 Å². The van der Waals surface area contributed by atoms with Gasteiger partial charge in [-0.25, -0.2) is 13.4 Å². The van der Waals surface area contributed by atoms with Gasteiger partial charge in [0.1, 0.15) is 5.76 Å². The Morgan fingerprint density at radius 2 is 1.83 bits per heavy atom. The summed E-state index contributed by atoms with van der Waals surface area (Å²) in [6.45, 7) is 4.92. The van der Waals surface area contributed by atoms with E-state index < -0.39 is 26.7 Å². The highest BCUT2D eigenvalue weighted by atomic mass is 32.2. The third-order valence-corrected chi connectivity index (χ3v) is 6.18. The van der Waals surface area contributed by atoms with Gasteiger partial charge in [0.15, 0.2) is 0 Å². The molecule has 0 radical (unpaired) electrons. The second-order valence-corrected chi connectivity index (χ2v) is 8.44. The zero-order chi connectivity index (χ0) is 21.9. The second-order valence-electron chi connectivity index (χ2n) is 6.50. The summed E-state index contributed by atoms with van der Waals surface area (Å²) < 4.78 is 71.8. The van der Waals surface area contributed by atoms with E-state index in [1.807, 2.05) is 18.2 Å². The molecular formula is C21H19F3N2O3S. The lowest BCUT2D eigenvalue weighted by molar-refractivity contribution is -0.137. The average Bonchev–Trinajstić information content (AvgIpc) is 3.08. The lowest BCUT2D eigenvalue weighted by atomic mass is 10.2. The molecule has 158 valence electrons. The molecule has 1 heterocycles. The third kappa shape index (κ3) is 4.63. The van der Waals surface area contributed by atoms with E-state index in [0.717, 1.165) is 28.1 Å². The van der Waals surface area contributed by atoms with Gasteiger partial charge in [-0.1, -0.05) is 30.3 Å². The number of hydrogen-bond acceptors (Lipinski definition) is 4. The van der Waals surface area contributed by atoms with Crippen molar-refractivity contribution in [1.29, 1.82) is 0 Å². The summed E-state index contributed by atoms with van der Waals surface area (Å²) in [5.74, 6) is 0.750. The van der Waals surface area contributed by atoms with E-state index in [1.165, 1.54) is 6.08 Å². The van der Waals surface area contributed by atoms with Gasteiger partial charge in [0.2, 0.25) is 15.9 Å². The molecule has 0 aliphatic rings. The molecule has 0 spiro atoms. The molecule has 9 heteroatoms. The molecule has 0 amide bonds. The maximum atomic E-state index is 13.0. The van der Waals surface area contributed by atoms with Gasteiger partial charge in [-0.2, -0.15) is 17.5 Å². The Morgan fingerprint density at radius 1 is 1.13 bits per heavy atom. The smallest absolute Gasteiger partial charge is 0.416 e. The minimum atomic E-state index is -4.65. The third-order valence-electron chi connectivity index (χ3n) is 4.37. The van der Waals surface area contributed by atoms with Gasteiger partial charge < -0.3 is 4.42 Å². The van der Waals surface area contributed by atoms with Crippen molar-refractivity contribution in [2.24, 2.45) is 0 Å². The van der Waals surface area contributed by atoms with Crippen molar-refractivity contribution in [3.63, 3.8) is 0 Å². The number of aryl methyl sites for hydroxylation is 1. The molecule has 0 N–H and O–H groups in total. The van der Waals surface area contributed by atoms with Crippen LogP contribution >= 0.6 is 0 Å². The number of aromatic nitrogens is 1. The molecule has 0 aliphatic carbocycles. The largest absolute Gasteiger partial charge is 0.441 e. The van der Waals surface area contributed by atoms with Gasteiger partial charge in [-0.05, 0) is 37.3 Å². The van der Waals surface area contributed by atoms with Crippen LogP contribution < -0.4 is 0 Å². The molecule has 3 aromatic rings. The quantitative estimate of drug-likeness (QED) is 0.487. The van der Waals surface area contributed by atoms with Crippen molar-refractivity contribution >= 4 is 10.0 Å². The van der Waals surface area contributed by atoms with Crippen LogP contribution in [0.1, 0.15) is 17.0 Å². The summed E-state index contributed by atoms with van der Waals surface area (Å²) in [7, 11) is -4.24. The Labute approximate surface area is 172 Å². The Balaban J connectivity index is 1.95. The molecule has 0 aliphatic heterocycles. The molecule has 0 saturated carbocycles. The summed E-state index contributed by atoms with van der Waals surface area (Å²) in [4.78, 5) is 3.92. The Bertz CT molecular complexity index is 1140.